The van der Waals surface area contributed by atoms with Crippen molar-refractivity contribution in [3.63, 3.8) is 0 Å². The molecular formula is C20H31Cl. The number of hydrogen-bond acceptors (Lipinski definition) is 0. The minimum absolute atomic E-state index is 0.595. The van der Waals surface area contributed by atoms with Crippen LogP contribution in [0.4, 0.5) is 0 Å². The Bertz CT molecular complexity index is 377. The fraction of sp³-hybridized carbons (Fsp3) is 0.700. The van der Waals surface area contributed by atoms with Crippen LogP contribution < -0.4 is 0 Å². The Morgan fingerprint density at radius 1 is 0.905 bits per heavy atom. The summed E-state index contributed by atoms with van der Waals surface area (Å²) >= 11 is 5.79. The molecule has 2 fully saturated rings. The van der Waals surface area contributed by atoms with Crippen molar-refractivity contribution in [1.29, 1.82) is 0 Å². The smallest absolute Gasteiger partial charge is 0.0334 e. The Morgan fingerprint density at radius 3 is 1.90 bits per heavy atom. The van der Waals surface area contributed by atoms with Crippen LogP contribution in [0.1, 0.15) is 64.7 Å². The van der Waals surface area contributed by atoms with Crippen LogP contribution in [-0.2, 0) is 0 Å². The van der Waals surface area contributed by atoms with Crippen molar-refractivity contribution >= 4 is 11.6 Å². The first kappa shape index (κ1) is 16.9. The van der Waals surface area contributed by atoms with Crippen LogP contribution in [0.25, 0.3) is 0 Å². The summed E-state index contributed by atoms with van der Waals surface area (Å²) in [6.45, 7) is 10.3. The third-order valence-corrected chi connectivity index (χ3v) is 6.04. The number of hydrogen-bond donors (Lipinski definition) is 0. The highest BCUT2D eigenvalue weighted by molar-refractivity contribution is 6.30. The van der Waals surface area contributed by atoms with Gasteiger partial charge in [0.05, 0.1) is 0 Å². The lowest BCUT2D eigenvalue weighted by Crippen LogP contribution is -2.26. The molecule has 0 aromatic heterocycles. The molecule has 0 heterocycles. The molecule has 2 rings (SSSR count). The van der Waals surface area contributed by atoms with E-state index in [1.807, 2.05) is 6.08 Å². The van der Waals surface area contributed by atoms with Crippen LogP contribution in [0.3, 0.4) is 0 Å². The largest absolute Gasteiger partial charge is 0.0955 e. The Kier molecular flexibility index (Phi) is 6.61. The van der Waals surface area contributed by atoms with Gasteiger partial charge in [-0.25, -0.2) is 0 Å². The highest BCUT2D eigenvalue weighted by Crippen LogP contribution is 2.43. The third-order valence-electron chi connectivity index (χ3n) is 5.91. The zero-order valence-electron chi connectivity index (χ0n) is 13.6. The van der Waals surface area contributed by atoms with Gasteiger partial charge in [0.1, 0.15) is 0 Å². The summed E-state index contributed by atoms with van der Waals surface area (Å²) in [5.41, 5.74) is 1.24. The maximum Gasteiger partial charge on any atom is 0.0334 e. The fourth-order valence-electron chi connectivity index (χ4n) is 4.36. The van der Waals surface area contributed by atoms with E-state index in [4.69, 9.17) is 11.6 Å². The first-order valence-electron chi connectivity index (χ1n) is 8.81. The molecule has 0 atom stereocenters. The van der Waals surface area contributed by atoms with Crippen molar-refractivity contribution in [2.75, 3.05) is 0 Å². The quantitative estimate of drug-likeness (QED) is 0.486. The monoisotopic (exact) mass is 306 g/mol. The highest BCUT2D eigenvalue weighted by Gasteiger charge is 2.30. The lowest BCUT2D eigenvalue weighted by Gasteiger charge is -2.38. The minimum Gasteiger partial charge on any atom is -0.0955 e. The fourth-order valence-corrected chi connectivity index (χ4v) is 4.43. The predicted molar refractivity (Wildman–Crippen MR) is 94.5 cm³/mol. The molecule has 0 saturated heterocycles. The molecule has 0 N–H and O–H groups in total. The summed E-state index contributed by atoms with van der Waals surface area (Å²) in [6.07, 6.45) is 16.7. The normalized spacial score (nSPS) is 34.0. The van der Waals surface area contributed by atoms with Gasteiger partial charge >= 0.3 is 0 Å². The maximum atomic E-state index is 5.79. The molecule has 2 aliphatic rings. The molecule has 0 spiro atoms. The van der Waals surface area contributed by atoms with E-state index in [1.54, 1.807) is 0 Å². The van der Waals surface area contributed by atoms with Crippen LogP contribution in [-0.4, -0.2) is 0 Å². The van der Waals surface area contributed by atoms with Gasteiger partial charge in [-0.2, -0.15) is 0 Å². The predicted octanol–water partition coefficient (Wildman–Crippen LogP) is 6.87. The Balaban J connectivity index is 1.76. The average Bonchev–Trinajstić information content (AvgIpc) is 2.53. The van der Waals surface area contributed by atoms with E-state index in [0.29, 0.717) is 11.0 Å². The van der Waals surface area contributed by atoms with Gasteiger partial charge in [-0.15, -0.1) is 0 Å². The second-order valence-corrected chi connectivity index (χ2v) is 7.64. The molecule has 0 aromatic rings. The average molecular weight is 307 g/mol. The first-order chi connectivity index (χ1) is 10.1. The molecule has 0 aliphatic heterocycles. The van der Waals surface area contributed by atoms with Gasteiger partial charge in [0.15, 0.2) is 0 Å². The van der Waals surface area contributed by atoms with Crippen LogP contribution in [0.15, 0.2) is 35.9 Å². The number of halogens is 1. The third kappa shape index (κ3) is 5.02. The summed E-state index contributed by atoms with van der Waals surface area (Å²) in [6, 6.07) is 0. The summed E-state index contributed by atoms with van der Waals surface area (Å²) in [4.78, 5) is 0. The molecule has 0 unspecified atom stereocenters. The van der Waals surface area contributed by atoms with E-state index < -0.39 is 0 Å². The topological polar surface area (TPSA) is 0 Å². The van der Waals surface area contributed by atoms with Crippen molar-refractivity contribution in [1.82, 2.24) is 0 Å². The summed E-state index contributed by atoms with van der Waals surface area (Å²) in [5, 5.41) is 0.595. The molecule has 0 aromatic carbocycles. The van der Waals surface area contributed by atoms with E-state index in [9.17, 15) is 0 Å². The Morgan fingerprint density at radius 2 is 1.43 bits per heavy atom. The highest BCUT2D eigenvalue weighted by atomic mass is 35.5. The molecule has 118 valence electrons. The first-order valence-corrected chi connectivity index (χ1v) is 9.19. The van der Waals surface area contributed by atoms with E-state index in [0.717, 1.165) is 17.8 Å². The van der Waals surface area contributed by atoms with Gasteiger partial charge in [0.2, 0.25) is 0 Å². The second-order valence-electron chi connectivity index (χ2n) is 7.16. The number of allylic oxidation sites excluding steroid dienone is 4. The van der Waals surface area contributed by atoms with Gasteiger partial charge in [0.25, 0.3) is 0 Å². The standard InChI is InChI=1S/C20H31Cl/c1-4-17-7-9-19(10-8-17)20-13-11-18(12-14-20)15(2)5-6-16(3)21/h5-6,17-20H,2-4,7-14H2,1H3/b6-5-. The molecule has 2 saturated carbocycles. The van der Waals surface area contributed by atoms with Crippen molar-refractivity contribution < 1.29 is 0 Å². The molecule has 21 heavy (non-hydrogen) atoms. The van der Waals surface area contributed by atoms with Crippen molar-refractivity contribution in [2.24, 2.45) is 23.7 Å². The van der Waals surface area contributed by atoms with Gasteiger partial charge < -0.3 is 0 Å². The zero-order chi connectivity index (χ0) is 15.2. The Hall–Kier alpha value is -0.490. The second kappa shape index (κ2) is 8.22. The van der Waals surface area contributed by atoms with E-state index in [1.165, 1.54) is 63.4 Å². The van der Waals surface area contributed by atoms with Crippen molar-refractivity contribution in [2.45, 2.75) is 64.7 Å². The minimum atomic E-state index is 0.595. The van der Waals surface area contributed by atoms with Gasteiger partial charge in [-0.3, -0.25) is 0 Å². The molecule has 0 nitrogen and oxygen atoms in total. The zero-order valence-corrected chi connectivity index (χ0v) is 14.4. The molecule has 0 bridgehead atoms. The van der Waals surface area contributed by atoms with Gasteiger partial charge in [-0.1, -0.05) is 62.6 Å². The lowest BCUT2D eigenvalue weighted by atomic mass is 9.68. The number of rotatable bonds is 5. The van der Waals surface area contributed by atoms with Crippen LogP contribution in [0.2, 0.25) is 0 Å². The van der Waals surface area contributed by atoms with E-state index >= 15 is 0 Å². The molecule has 0 radical (unpaired) electrons. The Labute approximate surface area is 136 Å². The summed E-state index contributed by atoms with van der Waals surface area (Å²) in [5.74, 6) is 3.69. The molecule has 0 amide bonds. The SMILES string of the molecule is C=C(Cl)/C=C\C(=C)C1CCC(C2CCC(CC)CC2)CC1. The van der Waals surface area contributed by atoms with Crippen molar-refractivity contribution in [3.05, 3.63) is 35.9 Å². The van der Waals surface area contributed by atoms with Crippen LogP contribution in [0.5, 0.6) is 0 Å². The maximum absolute atomic E-state index is 5.79. The van der Waals surface area contributed by atoms with Gasteiger partial charge in [0, 0.05) is 5.03 Å². The van der Waals surface area contributed by atoms with Gasteiger partial charge in [-0.05, 0) is 68.3 Å². The van der Waals surface area contributed by atoms with Crippen molar-refractivity contribution in [3.8, 4) is 0 Å². The molecule has 2 aliphatic carbocycles. The van der Waals surface area contributed by atoms with Crippen LogP contribution in [0, 0.1) is 23.7 Å². The van der Waals surface area contributed by atoms with E-state index in [2.05, 4.69) is 26.2 Å². The summed E-state index contributed by atoms with van der Waals surface area (Å²) < 4.78 is 0. The molecular weight excluding hydrogens is 276 g/mol. The summed E-state index contributed by atoms with van der Waals surface area (Å²) in [7, 11) is 0. The molecule has 1 heteroatoms. The van der Waals surface area contributed by atoms with E-state index in [-0.39, 0.29) is 0 Å². The van der Waals surface area contributed by atoms with Crippen LogP contribution >= 0.6 is 11.6 Å². The lowest BCUT2D eigenvalue weighted by molar-refractivity contribution is 0.153.